The van der Waals surface area contributed by atoms with E-state index < -0.39 is 4.92 Å². The number of hydrogen-bond acceptors (Lipinski definition) is 10. The van der Waals surface area contributed by atoms with Crippen LogP contribution in [0.2, 0.25) is 0 Å². The lowest BCUT2D eigenvalue weighted by molar-refractivity contribution is -0.383. The number of anilines is 3. The van der Waals surface area contributed by atoms with Crippen LogP contribution >= 0.6 is 0 Å². The van der Waals surface area contributed by atoms with Gasteiger partial charge >= 0.3 is 5.69 Å². The first kappa shape index (κ1) is 22.7. The highest BCUT2D eigenvalue weighted by molar-refractivity contribution is 5.76. The van der Waals surface area contributed by atoms with Crippen LogP contribution in [-0.2, 0) is 6.54 Å². The third-order valence-electron chi connectivity index (χ3n) is 6.11. The lowest BCUT2D eigenvalue weighted by Crippen LogP contribution is -2.46. The zero-order valence-corrected chi connectivity index (χ0v) is 19.6. The Hall–Kier alpha value is -4.12. The minimum absolute atomic E-state index is 0.131. The van der Waals surface area contributed by atoms with E-state index in [1.54, 1.807) is 7.11 Å². The van der Waals surface area contributed by atoms with Gasteiger partial charge in [-0.15, -0.1) is 0 Å². The summed E-state index contributed by atoms with van der Waals surface area (Å²) in [7, 11) is 1.55. The molecule has 2 aromatic carbocycles. The van der Waals surface area contributed by atoms with E-state index in [1.807, 2.05) is 48.2 Å². The monoisotopic (exact) mass is 478 g/mol. The number of piperazine rings is 1. The van der Waals surface area contributed by atoms with Crippen LogP contribution in [0.3, 0.4) is 0 Å². The molecule has 2 aliphatic heterocycles. The number of methoxy groups -OCH3 is 1. The van der Waals surface area contributed by atoms with Gasteiger partial charge in [0.1, 0.15) is 12.1 Å². The average Bonchev–Trinajstić information content (AvgIpc) is 3.32. The van der Waals surface area contributed by atoms with E-state index in [0.717, 1.165) is 42.3 Å². The molecule has 0 unspecified atom stereocenters. The van der Waals surface area contributed by atoms with E-state index in [-0.39, 0.29) is 18.3 Å². The summed E-state index contributed by atoms with van der Waals surface area (Å²) in [5.41, 5.74) is 2.58. The van der Waals surface area contributed by atoms with E-state index in [0.29, 0.717) is 30.3 Å². The van der Waals surface area contributed by atoms with Crippen LogP contribution in [0.25, 0.3) is 0 Å². The van der Waals surface area contributed by atoms with Gasteiger partial charge in [0.25, 0.3) is 0 Å². The molecule has 1 saturated heterocycles. The van der Waals surface area contributed by atoms with Gasteiger partial charge < -0.3 is 24.4 Å². The molecule has 1 aromatic heterocycles. The molecule has 0 saturated carbocycles. The number of nitrogens with one attached hydrogen (secondary N) is 1. The van der Waals surface area contributed by atoms with Crippen LogP contribution in [0.1, 0.15) is 11.1 Å². The number of fused-ring (bicyclic) bond motifs is 1. The standard InChI is InChI=1S/C24H26N6O5/c1-16-3-5-19(33-2)18(11-16)27-23-22(30(31)32)24(26-14-25-23)29-9-7-28(8-10-29)13-17-4-6-20-21(12-17)35-15-34-20/h3-6,11-12,14H,7-10,13,15H2,1-2H3,(H,25,26,27). The average molecular weight is 479 g/mol. The molecule has 1 fully saturated rings. The highest BCUT2D eigenvalue weighted by Crippen LogP contribution is 2.37. The molecule has 11 heteroatoms. The lowest BCUT2D eigenvalue weighted by Gasteiger charge is -2.35. The van der Waals surface area contributed by atoms with Crippen molar-refractivity contribution in [3.63, 3.8) is 0 Å². The highest BCUT2D eigenvalue weighted by Gasteiger charge is 2.30. The van der Waals surface area contributed by atoms with E-state index in [2.05, 4.69) is 20.2 Å². The Morgan fingerprint density at radius 2 is 1.89 bits per heavy atom. The molecule has 0 amide bonds. The maximum Gasteiger partial charge on any atom is 0.353 e. The quantitative estimate of drug-likeness (QED) is 0.400. The van der Waals surface area contributed by atoms with Gasteiger partial charge in [-0.25, -0.2) is 9.97 Å². The summed E-state index contributed by atoms with van der Waals surface area (Å²) >= 11 is 0. The van der Waals surface area contributed by atoms with Crippen molar-refractivity contribution in [2.45, 2.75) is 13.5 Å². The highest BCUT2D eigenvalue weighted by atomic mass is 16.7. The maximum atomic E-state index is 12.1. The largest absolute Gasteiger partial charge is 0.495 e. The molecule has 3 heterocycles. The Kier molecular flexibility index (Phi) is 6.23. The lowest BCUT2D eigenvalue weighted by atomic mass is 10.1. The van der Waals surface area contributed by atoms with Gasteiger partial charge in [0.05, 0.1) is 17.7 Å². The molecule has 2 aliphatic rings. The van der Waals surface area contributed by atoms with Crippen molar-refractivity contribution < 1.29 is 19.1 Å². The van der Waals surface area contributed by atoms with Gasteiger partial charge in [-0.3, -0.25) is 15.0 Å². The molecule has 1 N–H and O–H groups in total. The van der Waals surface area contributed by atoms with E-state index in [1.165, 1.54) is 6.33 Å². The topological polar surface area (TPSA) is 115 Å². The molecule has 0 spiro atoms. The number of hydrogen-bond donors (Lipinski definition) is 1. The number of nitrogens with zero attached hydrogens (tertiary/aromatic N) is 5. The number of aromatic nitrogens is 2. The Bertz CT molecular complexity index is 1250. The second-order valence-electron chi connectivity index (χ2n) is 8.43. The summed E-state index contributed by atoms with van der Waals surface area (Å²) in [6, 6.07) is 11.5. The normalized spacial score (nSPS) is 15.2. The third-order valence-corrected chi connectivity index (χ3v) is 6.11. The summed E-state index contributed by atoms with van der Waals surface area (Å²) in [5, 5.41) is 15.2. The van der Waals surface area contributed by atoms with Crippen LogP contribution in [0, 0.1) is 17.0 Å². The van der Waals surface area contributed by atoms with Crippen LogP contribution in [0.15, 0.2) is 42.7 Å². The summed E-state index contributed by atoms with van der Waals surface area (Å²) in [6.07, 6.45) is 1.35. The molecule has 0 aliphatic carbocycles. The summed E-state index contributed by atoms with van der Waals surface area (Å²) < 4.78 is 16.3. The molecule has 0 atom stereocenters. The Balaban J connectivity index is 1.31. The molecular weight excluding hydrogens is 452 g/mol. The predicted molar refractivity (Wildman–Crippen MR) is 130 cm³/mol. The second kappa shape index (κ2) is 9.63. The van der Waals surface area contributed by atoms with Crippen molar-refractivity contribution in [2.75, 3.05) is 50.3 Å². The number of benzene rings is 2. The number of ether oxygens (including phenoxy) is 3. The van der Waals surface area contributed by atoms with Crippen LogP contribution in [-0.4, -0.2) is 59.9 Å². The van der Waals surface area contributed by atoms with Crippen LogP contribution < -0.4 is 24.4 Å². The smallest absolute Gasteiger partial charge is 0.353 e. The molecule has 35 heavy (non-hydrogen) atoms. The molecular formula is C24H26N6O5. The first-order valence-electron chi connectivity index (χ1n) is 11.3. The van der Waals surface area contributed by atoms with E-state index in [4.69, 9.17) is 14.2 Å². The van der Waals surface area contributed by atoms with Crippen LogP contribution in [0.4, 0.5) is 23.0 Å². The molecule has 0 bridgehead atoms. The predicted octanol–water partition coefficient (Wildman–Crippen LogP) is 3.50. The van der Waals surface area contributed by atoms with Crippen LogP contribution in [0.5, 0.6) is 17.2 Å². The minimum atomic E-state index is -0.432. The third kappa shape index (κ3) is 4.76. The molecule has 3 aromatic rings. The number of aryl methyl sites for hydroxylation is 1. The van der Waals surface area contributed by atoms with Crippen molar-refractivity contribution in [1.82, 2.24) is 14.9 Å². The van der Waals surface area contributed by atoms with Gasteiger partial charge in [0.15, 0.2) is 11.5 Å². The van der Waals surface area contributed by atoms with Gasteiger partial charge in [-0.05, 0) is 42.3 Å². The fraction of sp³-hybridized carbons (Fsp3) is 0.333. The van der Waals surface area contributed by atoms with Gasteiger partial charge in [-0.2, -0.15) is 0 Å². The fourth-order valence-corrected chi connectivity index (χ4v) is 4.32. The van der Waals surface area contributed by atoms with Crippen molar-refractivity contribution in [3.8, 4) is 17.2 Å². The Morgan fingerprint density at radius 3 is 2.66 bits per heavy atom. The summed E-state index contributed by atoms with van der Waals surface area (Å²) in [5.74, 6) is 2.54. The molecule has 5 rings (SSSR count). The minimum Gasteiger partial charge on any atom is -0.495 e. The first-order valence-corrected chi connectivity index (χ1v) is 11.3. The van der Waals surface area contributed by atoms with Crippen molar-refractivity contribution in [2.24, 2.45) is 0 Å². The van der Waals surface area contributed by atoms with Gasteiger partial charge in [0.2, 0.25) is 18.4 Å². The maximum absolute atomic E-state index is 12.1. The van der Waals surface area contributed by atoms with E-state index >= 15 is 0 Å². The first-order chi connectivity index (χ1) is 17.0. The summed E-state index contributed by atoms with van der Waals surface area (Å²) in [6.45, 7) is 5.64. The summed E-state index contributed by atoms with van der Waals surface area (Å²) in [4.78, 5) is 24.4. The second-order valence-corrected chi connectivity index (χ2v) is 8.43. The number of rotatable bonds is 7. The molecule has 0 radical (unpaired) electrons. The Labute approximate surface area is 202 Å². The van der Waals surface area contributed by atoms with Crippen molar-refractivity contribution in [1.29, 1.82) is 0 Å². The SMILES string of the molecule is COc1ccc(C)cc1Nc1ncnc(N2CCN(Cc3ccc4c(c3)OCO4)CC2)c1[N+](=O)[O-]. The van der Waals surface area contributed by atoms with Gasteiger partial charge in [0, 0.05) is 32.7 Å². The van der Waals surface area contributed by atoms with Crippen molar-refractivity contribution >= 4 is 23.0 Å². The molecule has 11 nitrogen and oxygen atoms in total. The zero-order valence-electron chi connectivity index (χ0n) is 19.6. The van der Waals surface area contributed by atoms with E-state index in [9.17, 15) is 10.1 Å². The van der Waals surface area contributed by atoms with Crippen molar-refractivity contribution in [3.05, 3.63) is 64.0 Å². The van der Waals surface area contributed by atoms with Gasteiger partial charge in [-0.1, -0.05) is 12.1 Å². The Morgan fingerprint density at radius 1 is 1.09 bits per heavy atom. The zero-order chi connectivity index (χ0) is 24.4. The fourth-order valence-electron chi connectivity index (χ4n) is 4.32. The molecule has 182 valence electrons. The number of nitro groups is 1.